The Kier molecular flexibility index (Phi) is 5.44. The van der Waals surface area contributed by atoms with Crippen LogP contribution in [0.2, 0.25) is 0 Å². The van der Waals surface area contributed by atoms with Gasteiger partial charge in [0, 0.05) is 25.3 Å². The number of carbonyl (C=O) groups excluding carboxylic acids is 1. The molecule has 7 N–H and O–H groups in total. The van der Waals surface area contributed by atoms with Gasteiger partial charge in [0.25, 0.3) is 5.91 Å². The molecule has 0 spiro atoms. The lowest BCUT2D eigenvalue weighted by Crippen LogP contribution is -2.43. The molecule has 4 rings (SSSR count). The monoisotopic (exact) mass is 404 g/mol. The zero-order chi connectivity index (χ0) is 21.1. The van der Waals surface area contributed by atoms with Gasteiger partial charge in [-0.2, -0.15) is 0 Å². The Balaban J connectivity index is 1.61. The van der Waals surface area contributed by atoms with Crippen LogP contribution in [0.3, 0.4) is 0 Å². The van der Waals surface area contributed by atoms with Crippen LogP contribution in [0.5, 0.6) is 0 Å². The SMILES string of the molecule is Nc1cccc(-c2ccc(N)c(C(=O)Nc3cnccc3N3CCC[C@H](N)C3)n2)n1. The van der Waals surface area contributed by atoms with E-state index < -0.39 is 5.91 Å². The summed E-state index contributed by atoms with van der Waals surface area (Å²) in [5.41, 5.74) is 20.8. The molecule has 1 aliphatic rings. The maximum absolute atomic E-state index is 13.0. The molecule has 1 fully saturated rings. The number of carbonyl (C=O) groups is 1. The highest BCUT2D eigenvalue weighted by Gasteiger charge is 2.21. The highest BCUT2D eigenvalue weighted by molar-refractivity contribution is 6.07. The predicted octanol–water partition coefficient (Wildman–Crippen LogP) is 1.88. The molecule has 0 unspecified atom stereocenters. The third kappa shape index (κ3) is 4.15. The molecule has 1 aliphatic heterocycles. The summed E-state index contributed by atoms with van der Waals surface area (Å²) in [6, 6.07) is 10.6. The number of nitrogen functional groups attached to an aromatic ring is 2. The summed E-state index contributed by atoms with van der Waals surface area (Å²) in [5.74, 6) is -0.0503. The van der Waals surface area contributed by atoms with E-state index in [0.717, 1.165) is 31.6 Å². The van der Waals surface area contributed by atoms with Crippen LogP contribution in [0.15, 0.2) is 48.8 Å². The highest BCUT2D eigenvalue weighted by Crippen LogP contribution is 2.28. The summed E-state index contributed by atoms with van der Waals surface area (Å²) in [7, 11) is 0. The van der Waals surface area contributed by atoms with Gasteiger partial charge in [-0.15, -0.1) is 0 Å². The third-order valence-electron chi connectivity index (χ3n) is 5.02. The second-order valence-electron chi connectivity index (χ2n) is 7.28. The Morgan fingerprint density at radius 3 is 2.73 bits per heavy atom. The van der Waals surface area contributed by atoms with Gasteiger partial charge < -0.3 is 27.4 Å². The van der Waals surface area contributed by atoms with Gasteiger partial charge in [0.1, 0.15) is 5.82 Å². The third-order valence-corrected chi connectivity index (χ3v) is 5.02. The zero-order valence-corrected chi connectivity index (χ0v) is 16.5. The van der Waals surface area contributed by atoms with Crippen LogP contribution >= 0.6 is 0 Å². The van der Waals surface area contributed by atoms with Crippen molar-refractivity contribution in [2.24, 2.45) is 5.73 Å². The molecule has 9 heteroatoms. The van der Waals surface area contributed by atoms with Gasteiger partial charge in [0.05, 0.1) is 34.6 Å². The number of amides is 1. The van der Waals surface area contributed by atoms with Gasteiger partial charge in [-0.1, -0.05) is 6.07 Å². The van der Waals surface area contributed by atoms with Crippen molar-refractivity contribution in [3.8, 4) is 11.4 Å². The zero-order valence-electron chi connectivity index (χ0n) is 16.5. The van der Waals surface area contributed by atoms with Crippen molar-refractivity contribution in [3.63, 3.8) is 0 Å². The normalized spacial score (nSPS) is 16.3. The van der Waals surface area contributed by atoms with E-state index in [-0.39, 0.29) is 17.4 Å². The first-order valence-corrected chi connectivity index (χ1v) is 9.76. The van der Waals surface area contributed by atoms with Gasteiger partial charge >= 0.3 is 0 Å². The molecule has 3 aromatic rings. The second-order valence-corrected chi connectivity index (χ2v) is 7.28. The summed E-state index contributed by atoms with van der Waals surface area (Å²) < 4.78 is 0. The first-order chi connectivity index (χ1) is 14.5. The number of nitrogens with two attached hydrogens (primary N) is 3. The average Bonchev–Trinajstić information content (AvgIpc) is 2.74. The molecule has 1 saturated heterocycles. The Morgan fingerprint density at radius 2 is 1.93 bits per heavy atom. The number of hydrogen-bond acceptors (Lipinski definition) is 8. The first-order valence-electron chi connectivity index (χ1n) is 9.76. The van der Waals surface area contributed by atoms with E-state index in [1.807, 2.05) is 6.07 Å². The average molecular weight is 404 g/mol. The Labute approximate surface area is 174 Å². The van der Waals surface area contributed by atoms with Crippen LogP contribution in [0.25, 0.3) is 11.4 Å². The molecule has 0 radical (unpaired) electrons. The summed E-state index contributed by atoms with van der Waals surface area (Å²) in [6.07, 6.45) is 5.31. The minimum absolute atomic E-state index is 0.107. The standard InChI is InChI=1S/C21H24N8O/c22-13-3-2-10-29(12-13)18-8-9-25-11-17(18)28-21(30)20-14(23)6-7-16(27-20)15-4-1-5-19(24)26-15/h1,4-9,11,13H,2-3,10,12,22-23H2,(H2,24,26)(H,28,30)/t13-/m0/s1. The fourth-order valence-corrected chi connectivity index (χ4v) is 3.56. The van der Waals surface area contributed by atoms with Gasteiger partial charge in [0.15, 0.2) is 5.69 Å². The number of nitrogens with zero attached hydrogens (tertiary/aromatic N) is 4. The molecule has 4 heterocycles. The minimum Gasteiger partial charge on any atom is -0.397 e. The van der Waals surface area contributed by atoms with Crippen molar-refractivity contribution >= 4 is 28.8 Å². The number of pyridine rings is 3. The van der Waals surface area contributed by atoms with Crippen molar-refractivity contribution in [2.45, 2.75) is 18.9 Å². The minimum atomic E-state index is -0.422. The van der Waals surface area contributed by atoms with E-state index in [4.69, 9.17) is 17.2 Å². The van der Waals surface area contributed by atoms with Crippen LogP contribution in [-0.4, -0.2) is 40.0 Å². The maximum Gasteiger partial charge on any atom is 0.276 e. The van der Waals surface area contributed by atoms with E-state index in [1.54, 1.807) is 42.7 Å². The van der Waals surface area contributed by atoms with Crippen molar-refractivity contribution < 1.29 is 4.79 Å². The quantitative estimate of drug-likeness (QED) is 0.515. The molecule has 154 valence electrons. The summed E-state index contributed by atoms with van der Waals surface area (Å²) in [5, 5.41) is 2.90. The molecular weight excluding hydrogens is 380 g/mol. The fourth-order valence-electron chi connectivity index (χ4n) is 3.56. The Bertz CT molecular complexity index is 1070. The van der Waals surface area contributed by atoms with Gasteiger partial charge in [-0.3, -0.25) is 9.78 Å². The number of rotatable bonds is 4. The second kappa shape index (κ2) is 8.34. The van der Waals surface area contributed by atoms with Crippen molar-refractivity contribution in [1.82, 2.24) is 15.0 Å². The van der Waals surface area contributed by atoms with E-state index in [0.29, 0.717) is 22.9 Å². The van der Waals surface area contributed by atoms with Crippen molar-refractivity contribution in [1.29, 1.82) is 0 Å². The molecule has 0 aliphatic carbocycles. The topological polar surface area (TPSA) is 149 Å². The Morgan fingerprint density at radius 1 is 1.10 bits per heavy atom. The lowest BCUT2D eigenvalue weighted by molar-refractivity contribution is 0.102. The van der Waals surface area contributed by atoms with Crippen molar-refractivity contribution in [2.75, 3.05) is 34.8 Å². The van der Waals surface area contributed by atoms with Gasteiger partial charge in [-0.05, 0) is 43.2 Å². The molecule has 1 amide bonds. The smallest absolute Gasteiger partial charge is 0.276 e. The van der Waals surface area contributed by atoms with E-state index in [2.05, 4.69) is 25.2 Å². The molecule has 3 aromatic heterocycles. The number of aromatic nitrogens is 3. The maximum atomic E-state index is 13.0. The van der Waals surface area contributed by atoms with Crippen molar-refractivity contribution in [3.05, 3.63) is 54.5 Å². The largest absolute Gasteiger partial charge is 0.397 e. The molecule has 1 atom stereocenters. The van der Waals surface area contributed by atoms with Crippen LogP contribution in [0, 0.1) is 0 Å². The Hall–Kier alpha value is -3.72. The van der Waals surface area contributed by atoms with E-state index >= 15 is 0 Å². The molecule has 0 aromatic carbocycles. The molecule has 0 saturated carbocycles. The van der Waals surface area contributed by atoms with Gasteiger partial charge in [0.2, 0.25) is 0 Å². The first kappa shape index (κ1) is 19.6. The number of piperidine rings is 1. The molecule has 30 heavy (non-hydrogen) atoms. The summed E-state index contributed by atoms with van der Waals surface area (Å²) >= 11 is 0. The lowest BCUT2D eigenvalue weighted by Gasteiger charge is -2.33. The van der Waals surface area contributed by atoms with E-state index in [9.17, 15) is 4.79 Å². The predicted molar refractivity (Wildman–Crippen MR) is 118 cm³/mol. The number of anilines is 4. The van der Waals surface area contributed by atoms with Crippen LogP contribution < -0.4 is 27.4 Å². The lowest BCUT2D eigenvalue weighted by atomic mass is 10.1. The molecular formula is C21H24N8O. The molecule has 0 bridgehead atoms. The summed E-state index contributed by atoms with van der Waals surface area (Å²) in [4.78, 5) is 28.0. The van der Waals surface area contributed by atoms with Gasteiger partial charge in [-0.25, -0.2) is 9.97 Å². The number of hydrogen-bond donors (Lipinski definition) is 4. The van der Waals surface area contributed by atoms with Crippen LogP contribution in [0.4, 0.5) is 22.9 Å². The van der Waals surface area contributed by atoms with E-state index in [1.165, 1.54) is 0 Å². The van der Waals surface area contributed by atoms with Crippen LogP contribution in [-0.2, 0) is 0 Å². The molecule has 9 nitrogen and oxygen atoms in total. The summed E-state index contributed by atoms with van der Waals surface area (Å²) in [6.45, 7) is 1.60. The fraction of sp³-hybridized carbons (Fsp3) is 0.238. The highest BCUT2D eigenvalue weighted by atomic mass is 16.1. The van der Waals surface area contributed by atoms with Crippen LogP contribution in [0.1, 0.15) is 23.3 Å². The number of nitrogens with one attached hydrogen (secondary N) is 1.